The van der Waals surface area contributed by atoms with Gasteiger partial charge in [-0.25, -0.2) is 0 Å². The molecular formula is C10H9ClN2OS. The summed E-state index contributed by atoms with van der Waals surface area (Å²) in [7, 11) is 1.86. The fourth-order valence-corrected chi connectivity index (χ4v) is 2.69. The predicted octanol–water partition coefficient (Wildman–Crippen LogP) is 2.15. The number of rotatable bonds is 2. The van der Waals surface area contributed by atoms with Crippen LogP contribution in [0.4, 0.5) is 0 Å². The second-order valence-corrected chi connectivity index (χ2v) is 4.47. The second kappa shape index (κ2) is 4.24. The van der Waals surface area contributed by atoms with E-state index in [2.05, 4.69) is 4.98 Å². The topological polar surface area (TPSA) is 33.2 Å². The van der Waals surface area contributed by atoms with Gasteiger partial charge in [0.25, 0.3) is 5.24 Å². The van der Waals surface area contributed by atoms with Crippen molar-refractivity contribution < 1.29 is 4.79 Å². The summed E-state index contributed by atoms with van der Waals surface area (Å²) in [6, 6.07) is 3.81. The molecule has 3 nitrogen and oxygen atoms in total. The fraction of sp³-hybridized carbons (Fsp3) is 0.200. The van der Waals surface area contributed by atoms with E-state index < -0.39 is 0 Å². The van der Waals surface area contributed by atoms with E-state index in [0.717, 1.165) is 11.3 Å². The highest BCUT2D eigenvalue weighted by Crippen LogP contribution is 2.35. The van der Waals surface area contributed by atoms with E-state index in [4.69, 9.17) is 11.6 Å². The number of thioether (sulfide) groups is 1. The second-order valence-electron chi connectivity index (χ2n) is 3.14. The Labute approximate surface area is 97.1 Å². The average Bonchev–Trinajstić information content (AvgIpc) is 2.61. The van der Waals surface area contributed by atoms with Crippen LogP contribution in [0.2, 0.25) is 0 Å². The summed E-state index contributed by atoms with van der Waals surface area (Å²) in [4.78, 5) is 16.9. The van der Waals surface area contributed by atoms with Gasteiger partial charge in [0.15, 0.2) is 5.37 Å². The van der Waals surface area contributed by atoms with Gasteiger partial charge in [-0.1, -0.05) is 11.8 Å². The average molecular weight is 241 g/mol. The first-order chi connectivity index (χ1) is 7.20. The maximum absolute atomic E-state index is 11.1. The number of halogens is 1. The van der Waals surface area contributed by atoms with Crippen molar-refractivity contribution in [2.24, 2.45) is 0 Å². The molecule has 0 fully saturated rings. The van der Waals surface area contributed by atoms with Crippen molar-refractivity contribution in [1.82, 2.24) is 9.88 Å². The van der Waals surface area contributed by atoms with Crippen molar-refractivity contribution in [2.45, 2.75) is 5.37 Å². The number of likely N-dealkylation sites (N-methyl/N-ethyl adjacent to an activating group) is 1. The zero-order valence-corrected chi connectivity index (χ0v) is 9.63. The van der Waals surface area contributed by atoms with E-state index in [1.807, 2.05) is 29.5 Å². The lowest BCUT2D eigenvalue weighted by Gasteiger charge is -2.21. The molecule has 1 aromatic rings. The Morgan fingerprint density at radius 3 is 2.73 bits per heavy atom. The maximum Gasteiger partial charge on any atom is 0.254 e. The molecule has 0 amide bonds. The fourth-order valence-electron chi connectivity index (χ4n) is 1.43. The molecule has 0 aliphatic carbocycles. The molecule has 5 heteroatoms. The Hall–Kier alpha value is -1.00. The third-order valence-corrected chi connectivity index (χ3v) is 3.69. The lowest BCUT2D eigenvalue weighted by molar-refractivity contribution is -0.112. The highest BCUT2D eigenvalue weighted by Gasteiger charge is 2.29. The highest BCUT2D eigenvalue weighted by atomic mass is 35.5. The van der Waals surface area contributed by atoms with Crippen molar-refractivity contribution in [3.63, 3.8) is 0 Å². The standard InChI is InChI=1S/C10H9ClN2OS/c1-13-8(6-15-10(13)9(11)14)7-2-4-12-5-3-7/h2-6,10H,1H3. The van der Waals surface area contributed by atoms with Gasteiger partial charge in [-0.2, -0.15) is 0 Å². The lowest BCUT2D eigenvalue weighted by atomic mass is 10.2. The summed E-state index contributed by atoms with van der Waals surface area (Å²) < 4.78 is 0. The zero-order valence-electron chi connectivity index (χ0n) is 8.05. The molecule has 78 valence electrons. The van der Waals surface area contributed by atoms with Crippen LogP contribution in [0.1, 0.15) is 5.56 Å². The first-order valence-corrected chi connectivity index (χ1v) is 5.70. The number of hydrogen-bond donors (Lipinski definition) is 0. The third kappa shape index (κ3) is 2.01. The van der Waals surface area contributed by atoms with E-state index in [0.29, 0.717) is 0 Å². The van der Waals surface area contributed by atoms with Gasteiger partial charge in [-0.15, -0.1) is 0 Å². The highest BCUT2D eigenvalue weighted by molar-refractivity contribution is 8.04. The van der Waals surface area contributed by atoms with Crippen molar-refractivity contribution in [3.8, 4) is 0 Å². The van der Waals surface area contributed by atoms with Crippen LogP contribution in [0.25, 0.3) is 5.70 Å². The molecule has 1 atom stereocenters. The number of carbonyl (C=O) groups is 1. The summed E-state index contributed by atoms with van der Waals surface area (Å²) in [6.07, 6.45) is 3.45. The predicted molar refractivity (Wildman–Crippen MR) is 62.2 cm³/mol. The molecule has 0 saturated heterocycles. The van der Waals surface area contributed by atoms with Gasteiger partial charge in [0.2, 0.25) is 0 Å². The molecule has 1 aromatic heterocycles. The van der Waals surface area contributed by atoms with Gasteiger partial charge in [-0.3, -0.25) is 9.78 Å². The Morgan fingerprint density at radius 2 is 2.20 bits per heavy atom. The minimum Gasteiger partial charge on any atom is -0.354 e. The normalized spacial score (nSPS) is 20.3. The number of hydrogen-bond acceptors (Lipinski definition) is 4. The SMILES string of the molecule is CN1C(c2ccncc2)=CSC1C(=O)Cl. The molecule has 0 radical (unpaired) electrons. The van der Waals surface area contributed by atoms with Crippen molar-refractivity contribution in [3.05, 3.63) is 35.5 Å². The minimum atomic E-state index is -0.345. The van der Waals surface area contributed by atoms with Crippen LogP contribution in [0.15, 0.2) is 29.9 Å². The van der Waals surface area contributed by atoms with E-state index in [1.54, 1.807) is 12.4 Å². The van der Waals surface area contributed by atoms with Gasteiger partial charge in [0, 0.05) is 25.0 Å². The summed E-state index contributed by atoms with van der Waals surface area (Å²) in [5.74, 6) is 0. The number of pyridine rings is 1. The molecule has 0 spiro atoms. The molecule has 2 rings (SSSR count). The summed E-state index contributed by atoms with van der Waals surface area (Å²) in [5, 5.41) is 1.29. The molecular weight excluding hydrogens is 232 g/mol. The Kier molecular flexibility index (Phi) is 2.98. The van der Waals surface area contributed by atoms with Crippen LogP contribution in [0, 0.1) is 0 Å². The molecule has 1 aliphatic rings. The van der Waals surface area contributed by atoms with Crippen molar-refractivity contribution >= 4 is 34.3 Å². The quantitative estimate of drug-likeness (QED) is 0.742. The Bertz CT molecular complexity index is 407. The van der Waals surface area contributed by atoms with Crippen LogP contribution < -0.4 is 0 Å². The first-order valence-electron chi connectivity index (χ1n) is 4.38. The van der Waals surface area contributed by atoms with Crippen LogP contribution in [-0.2, 0) is 4.79 Å². The third-order valence-electron chi connectivity index (χ3n) is 2.21. The van der Waals surface area contributed by atoms with Gasteiger partial charge in [-0.05, 0) is 29.1 Å². The molecule has 2 heterocycles. The molecule has 0 aromatic carbocycles. The van der Waals surface area contributed by atoms with E-state index in [1.165, 1.54) is 11.8 Å². The Morgan fingerprint density at radius 1 is 1.53 bits per heavy atom. The van der Waals surface area contributed by atoms with Crippen LogP contribution in [-0.4, -0.2) is 27.5 Å². The summed E-state index contributed by atoms with van der Waals surface area (Å²) in [5.41, 5.74) is 2.04. The van der Waals surface area contributed by atoms with Crippen molar-refractivity contribution in [1.29, 1.82) is 0 Å². The van der Waals surface area contributed by atoms with Gasteiger partial charge < -0.3 is 4.90 Å². The zero-order chi connectivity index (χ0) is 10.8. The summed E-state index contributed by atoms with van der Waals surface area (Å²) >= 11 is 6.91. The smallest absolute Gasteiger partial charge is 0.254 e. The molecule has 1 unspecified atom stereocenters. The lowest BCUT2D eigenvalue weighted by Crippen LogP contribution is -2.28. The number of carbonyl (C=O) groups excluding carboxylic acids is 1. The van der Waals surface area contributed by atoms with Crippen molar-refractivity contribution in [2.75, 3.05) is 7.05 Å². The van der Waals surface area contributed by atoms with E-state index in [-0.39, 0.29) is 10.6 Å². The van der Waals surface area contributed by atoms with Gasteiger partial charge >= 0.3 is 0 Å². The maximum atomic E-state index is 11.1. The molecule has 0 bridgehead atoms. The largest absolute Gasteiger partial charge is 0.354 e. The molecule has 0 saturated carbocycles. The molecule has 0 N–H and O–H groups in total. The van der Waals surface area contributed by atoms with E-state index >= 15 is 0 Å². The summed E-state index contributed by atoms with van der Waals surface area (Å²) in [6.45, 7) is 0. The van der Waals surface area contributed by atoms with Gasteiger partial charge in [0.05, 0.1) is 5.70 Å². The number of nitrogens with zero attached hydrogens (tertiary/aromatic N) is 2. The first kappa shape index (κ1) is 10.5. The molecule has 15 heavy (non-hydrogen) atoms. The van der Waals surface area contributed by atoms with E-state index in [9.17, 15) is 4.79 Å². The monoisotopic (exact) mass is 240 g/mol. The minimum absolute atomic E-state index is 0.310. The van der Waals surface area contributed by atoms with Crippen LogP contribution in [0.3, 0.4) is 0 Å². The van der Waals surface area contributed by atoms with Gasteiger partial charge in [0.1, 0.15) is 0 Å². The number of aromatic nitrogens is 1. The van der Waals surface area contributed by atoms with Crippen LogP contribution in [0.5, 0.6) is 0 Å². The molecule has 1 aliphatic heterocycles. The Balaban J connectivity index is 2.24. The van der Waals surface area contributed by atoms with Crippen LogP contribution >= 0.6 is 23.4 Å².